The summed E-state index contributed by atoms with van der Waals surface area (Å²) in [7, 11) is 1.69. The number of piperazine rings is 1. The Hall–Kier alpha value is -2.48. The molecule has 182 valence electrons. The van der Waals surface area contributed by atoms with Crippen LogP contribution >= 0.6 is 12.4 Å². The number of ether oxygens (including phenoxy) is 1. The van der Waals surface area contributed by atoms with Gasteiger partial charge in [-0.1, -0.05) is 61.7 Å². The maximum Gasteiger partial charge on any atom is 0.173 e. The third-order valence-electron chi connectivity index (χ3n) is 7.22. The van der Waals surface area contributed by atoms with Gasteiger partial charge in [0.05, 0.1) is 19.7 Å². The lowest BCUT2D eigenvalue weighted by molar-refractivity contribution is 0.0620. The molecule has 5 rings (SSSR count). The average molecular weight is 483 g/mol. The highest BCUT2D eigenvalue weighted by Gasteiger charge is 2.32. The fraction of sp³-hybridized carbons (Fsp3) is 0.500. The van der Waals surface area contributed by atoms with E-state index in [2.05, 4.69) is 67.8 Å². The molecular formula is C26H35ClN6O. The van der Waals surface area contributed by atoms with Gasteiger partial charge in [-0.05, 0) is 46.5 Å². The molecule has 3 aromatic rings. The molecule has 8 heteroatoms. The molecule has 0 spiro atoms. The maximum absolute atomic E-state index is 5.30. The summed E-state index contributed by atoms with van der Waals surface area (Å²) in [6, 6.07) is 19.6. The zero-order chi connectivity index (χ0) is 22.5. The Morgan fingerprint density at radius 3 is 2.29 bits per heavy atom. The van der Waals surface area contributed by atoms with Crippen LogP contribution in [-0.2, 0) is 6.54 Å². The first-order valence-corrected chi connectivity index (χ1v) is 12.2. The number of halogens is 1. The molecule has 0 bridgehead atoms. The van der Waals surface area contributed by atoms with Crippen molar-refractivity contribution in [2.75, 3.05) is 33.3 Å². The van der Waals surface area contributed by atoms with Gasteiger partial charge in [0.2, 0.25) is 0 Å². The molecule has 1 aromatic heterocycles. The molecule has 1 unspecified atom stereocenters. The van der Waals surface area contributed by atoms with Crippen LogP contribution in [0.2, 0.25) is 0 Å². The van der Waals surface area contributed by atoms with Crippen LogP contribution < -0.4 is 4.74 Å². The minimum atomic E-state index is 0. The molecule has 2 aromatic carbocycles. The first-order chi connectivity index (χ1) is 16.3. The highest BCUT2D eigenvalue weighted by Crippen LogP contribution is 2.30. The molecule has 1 aliphatic heterocycles. The van der Waals surface area contributed by atoms with Gasteiger partial charge in [-0.2, -0.15) is 0 Å². The van der Waals surface area contributed by atoms with Gasteiger partial charge < -0.3 is 4.74 Å². The van der Waals surface area contributed by atoms with Crippen molar-refractivity contribution in [2.24, 2.45) is 0 Å². The third kappa shape index (κ3) is 5.59. The van der Waals surface area contributed by atoms with Crippen LogP contribution in [0.15, 0.2) is 54.6 Å². The van der Waals surface area contributed by atoms with Crippen LogP contribution in [0.25, 0.3) is 0 Å². The van der Waals surface area contributed by atoms with Crippen LogP contribution in [-0.4, -0.2) is 69.3 Å². The van der Waals surface area contributed by atoms with E-state index in [-0.39, 0.29) is 18.4 Å². The summed E-state index contributed by atoms with van der Waals surface area (Å²) >= 11 is 0. The van der Waals surface area contributed by atoms with Crippen molar-refractivity contribution < 1.29 is 4.74 Å². The first kappa shape index (κ1) is 24.6. The Kier molecular flexibility index (Phi) is 8.53. The molecule has 0 amide bonds. The summed E-state index contributed by atoms with van der Waals surface area (Å²) in [6.45, 7) is 4.94. The van der Waals surface area contributed by atoms with E-state index in [0.717, 1.165) is 49.4 Å². The van der Waals surface area contributed by atoms with Crippen molar-refractivity contribution in [2.45, 2.75) is 50.7 Å². The predicted molar refractivity (Wildman–Crippen MR) is 135 cm³/mol. The average Bonchev–Trinajstić information content (AvgIpc) is 3.34. The smallest absolute Gasteiger partial charge is 0.173 e. The van der Waals surface area contributed by atoms with Crippen LogP contribution in [0.1, 0.15) is 55.1 Å². The number of tetrazole rings is 1. The SMILES string of the molecule is COc1ccc(Cn2nnnc2C(c2ccccc2)N2CCN(C3CCCCC3)CC2)cc1.Cl. The summed E-state index contributed by atoms with van der Waals surface area (Å²) < 4.78 is 7.25. The molecular weight excluding hydrogens is 448 g/mol. The van der Waals surface area contributed by atoms with Gasteiger partial charge in [0.1, 0.15) is 5.75 Å². The van der Waals surface area contributed by atoms with E-state index in [1.165, 1.54) is 37.7 Å². The Balaban J connectivity index is 0.00000274. The molecule has 2 heterocycles. The second-order valence-corrected chi connectivity index (χ2v) is 9.22. The van der Waals surface area contributed by atoms with E-state index in [9.17, 15) is 0 Å². The first-order valence-electron chi connectivity index (χ1n) is 12.2. The number of nitrogens with zero attached hydrogens (tertiary/aromatic N) is 6. The van der Waals surface area contributed by atoms with Crippen LogP contribution in [0.3, 0.4) is 0 Å². The summed E-state index contributed by atoms with van der Waals surface area (Å²) in [5, 5.41) is 13.0. The topological polar surface area (TPSA) is 59.3 Å². The van der Waals surface area contributed by atoms with E-state index in [0.29, 0.717) is 6.54 Å². The molecule has 1 saturated carbocycles. The van der Waals surface area contributed by atoms with Gasteiger partial charge in [0, 0.05) is 32.2 Å². The van der Waals surface area contributed by atoms with Gasteiger partial charge in [0.25, 0.3) is 0 Å². The molecule has 0 N–H and O–H groups in total. The number of benzene rings is 2. The molecule has 0 radical (unpaired) electrons. The highest BCUT2D eigenvalue weighted by molar-refractivity contribution is 5.85. The Morgan fingerprint density at radius 1 is 0.912 bits per heavy atom. The molecule has 1 saturated heterocycles. The monoisotopic (exact) mass is 482 g/mol. The molecule has 1 aliphatic carbocycles. The minimum absolute atomic E-state index is 0. The molecule has 7 nitrogen and oxygen atoms in total. The fourth-order valence-corrected chi connectivity index (χ4v) is 5.39. The zero-order valence-corrected chi connectivity index (χ0v) is 20.7. The van der Waals surface area contributed by atoms with E-state index >= 15 is 0 Å². The van der Waals surface area contributed by atoms with Gasteiger partial charge in [0.15, 0.2) is 5.82 Å². The largest absolute Gasteiger partial charge is 0.497 e. The van der Waals surface area contributed by atoms with Gasteiger partial charge >= 0.3 is 0 Å². The number of methoxy groups -OCH3 is 1. The van der Waals surface area contributed by atoms with Crippen LogP contribution in [0.4, 0.5) is 0 Å². The predicted octanol–water partition coefficient (Wildman–Crippen LogP) is 4.19. The normalized spacial score (nSPS) is 18.9. The van der Waals surface area contributed by atoms with E-state index < -0.39 is 0 Å². The Bertz CT molecular complexity index is 998. The van der Waals surface area contributed by atoms with E-state index in [1.54, 1.807) is 7.11 Å². The van der Waals surface area contributed by atoms with Crippen molar-refractivity contribution in [1.29, 1.82) is 0 Å². The van der Waals surface area contributed by atoms with Crippen molar-refractivity contribution in [3.05, 3.63) is 71.5 Å². The fourth-order valence-electron chi connectivity index (χ4n) is 5.39. The number of aromatic nitrogens is 4. The van der Waals surface area contributed by atoms with E-state index in [1.807, 2.05) is 16.8 Å². The summed E-state index contributed by atoms with van der Waals surface area (Å²) in [5.41, 5.74) is 2.40. The highest BCUT2D eigenvalue weighted by atomic mass is 35.5. The van der Waals surface area contributed by atoms with Crippen LogP contribution in [0, 0.1) is 0 Å². The Labute approximate surface area is 208 Å². The molecule has 34 heavy (non-hydrogen) atoms. The van der Waals surface area contributed by atoms with Crippen molar-refractivity contribution in [3.8, 4) is 5.75 Å². The lowest BCUT2D eigenvalue weighted by Gasteiger charge is -2.43. The minimum Gasteiger partial charge on any atom is -0.497 e. The van der Waals surface area contributed by atoms with Crippen molar-refractivity contribution in [3.63, 3.8) is 0 Å². The summed E-state index contributed by atoms with van der Waals surface area (Å²) in [6.07, 6.45) is 6.91. The maximum atomic E-state index is 5.30. The third-order valence-corrected chi connectivity index (χ3v) is 7.22. The second kappa shape index (κ2) is 11.8. The molecule has 2 fully saturated rings. The van der Waals surface area contributed by atoms with Crippen molar-refractivity contribution >= 4 is 12.4 Å². The van der Waals surface area contributed by atoms with Crippen LogP contribution in [0.5, 0.6) is 5.75 Å². The van der Waals surface area contributed by atoms with Gasteiger partial charge in [-0.25, -0.2) is 4.68 Å². The zero-order valence-electron chi connectivity index (χ0n) is 19.9. The molecule has 1 atom stereocenters. The summed E-state index contributed by atoms with van der Waals surface area (Å²) in [4.78, 5) is 5.28. The van der Waals surface area contributed by atoms with E-state index in [4.69, 9.17) is 4.74 Å². The summed E-state index contributed by atoms with van der Waals surface area (Å²) in [5.74, 6) is 1.76. The number of hydrogen-bond donors (Lipinski definition) is 0. The second-order valence-electron chi connectivity index (χ2n) is 9.22. The van der Waals surface area contributed by atoms with Crippen molar-refractivity contribution in [1.82, 2.24) is 30.0 Å². The molecule has 2 aliphatic rings. The van der Waals surface area contributed by atoms with Gasteiger partial charge in [-0.3, -0.25) is 9.80 Å². The number of rotatable bonds is 7. The standard InChI is InChI=1S/C26H34N6O.ClH/c1-33-24-14-12-21(13-15-24)20-32-26(27-28-29-32)25(22-8-4-2-5-9-22)31-18-16-30(17-19-31)23-10-6-3-7-11-23;/h2,4-5,8-9,12-15,23,25H,3,6-7,10-11,16-20H2,1H3;1H. The van der Waals surface area contributed by atoms with Gasteiger partial charge in [-0.15, -0.1) is 17.5 Å². The lowest BCUT2D eigenvalue weighted by Crippen LogP contribution is -2.52. The Morgan fingerprint density at radius 2 is 1.62 bits per heavy atom. The quantitative estimate of drug-likeness (QED) is 0.503. The number of hydrogen-bond acceptors (Lipinski definition) is 6. The lowest BCUT2D eigenvalue weighted by atomic mass is 9.93.